The number of rotatable bonds is 8. The normalized spacial score (nSPS) is 12.2. The standard InChI is InChI=1S/C23H24N4OS/c1-2-3-8-18(12-17-14-25-20-10-5-4-9-19(17)20)27-22(28)21-15-26-23(29-21)16-7-6-11-24-13-16/h4-7,9-11,13-15,18,25H,2-3,8,12H2,1H3,(H,27,28). The largest absolute Gasteiger partial charge is 0.361 e. The predicted molar refractivity (Wildman–Crippen MR) is 118 cm³/mol. The van der Waals surface area contributed by atoms with Crippen LogP contribution in [0.15, 0.2) is 61.2 Å². The smallest absolute Gasteiger partial charge is 0.263 e. The number of nitrogens with zero attached hydrogens (tertiary/aromatic N) is 2. The summed E-state index contributed by atoms with van der Waals surface area (Å²) < 4.78 is 0. The molecule has 0 aliphatic rings. The van der Waals surface area contributed by atoms with Crippen molar-refractivity contribution < 1.29 is 4.79 Å². The Labute approximate surface area is 174 Å². The van der Waals surface area contributed by atoms with E-state index in [0.717, 1.165) is 41.8 Å². The number of amides is 1. The van der Waals surface area contributed by atoms with Crippen molar-refractivity contribution >= 4 is 28.1 Å². The third kappa shape index (κ3) is 4.54. The molecule has 1 amide bonds. The van der Waals surface area contributed by atoms with Gasteiger partial charge in [0.2, 0.25) is 0 Å². The molecule has 6 heteroatoms. The molecule has 0 fully saturated rings. The zero-order valence-corrected chi connectivity index (χ0v) is 17.2. The van der Waals surface area contributed by atoms with Crippen molar-refractivity contribution in [2.24, 2.45) is 0 Å². The lowest BCUT2D eigenvalue weighted by Gasteiger charge is -2.18. The number of nitrogens with one attached hydrogen (secondary N) is 2. The minimum Gasteiger partial charge on any atom is -0.361 e. The van der Waals surface area contributed by atoms with Gasteiger partial charge in [0, 0.05) is 41.1 Å². The number of H-pyrrole nitrogens is 1. The van der Waals surface area contributed by atoms with Gasteiger partial charge in [-0.15, -0.1) is 11.3 Å². The van der Waals surface area contributed by atoms with E-state index in [1.54, 1.807) is 18.6 Å². The molecule has 0 saturated heterocycles. The van der Waals surface area contributed by atoms with Gasteiger partial charge in [-0.25, -0.2) is 4.98 Å². The van der Waals surface area contributed by atoms with Crippen molar-refractivity contribution in [3.8, 4) is 10.6 Å². The van der Waals surface area contributed by atoms with Crippen LogP contribution in [0.5, 0.6) is 0 Å². The van der Waals surface area contributed by atoms with Crippen molar-refractivity contribution in [1.82, 2.24) is 20.3 Å². The Hall–Kier alpha value is -2.99. The van der Waals surface area contributed by atoms with Crippen molar-refractivity contribution in [3.05, 3.63) is 71.6 Å². The molecule has 4 aromatic rings. The molecular formula is C23H24N4OS. The lowest BCUT2D eigenvalue weighted by atomic mass is 10.0. The number of para-hydroxylation sites is 1. The first kappa shape index (κ1) is 19.3. The average Bonchev–Trinajstić information content (AvgIpc) is 3.41. The maximum atomic E-state index is 12.9. The van der Waals surface area contributed by atoms with Gasteiger partial charge in [-0.3, -0.25) is 9.78 Å². The van der Waals surface area contributed by atoms with Crippen LogP contribution in [0.2, 0.25) is 0 Å². The molecule has 3 heterocycles. The molecule has 4 rings (SSSR count). The average molecular weight is 405 g/mol. The van der Waals surface area contributed by atoms with Gasteiger partial charge in [-0.1, -0.05) is 38.0 Å². The second kappa shape index (κ2) is 9.01. The summed E-state index contributed by atoms with van der Waals surface area (Å²) in [5.41, 5.74) is 3.30. The highest BCUT2D eigenvalue weighted by molar-refractivity contribution is 7.16. The SMILES string of the molecule is CCCCC(Cc1c[nH]c2ccccc12)NC(=O)c1cnc(-c2cccnc2)s1. The van der Waals surface area contributed by atoms with Gasteiger partial charge < -0.3 is 10.3 Å². The number of thiazole rings is 1. The van der Waals surface area contributed by atoms with Crippen LogP contribution in [-0.4, -0.2) is 26.9 Å². The number of unbranched alkanes of at least 4 members (excludes halogenated alkanes) is 1. The molecule has 5 nitrogen and oxygen atoms in total. The second-order valence-corrected chi connectivity index (χ2v) is 8.18. The first-order valence-electron chi connectivity index (χ1n) is 9.96. The number of carbonyl (C=O) groups is 1. The van der Waals surface area contributed by atoms with Crippen LogP contribution in [0.1, 0.15) is 41.4 Å². The third-order valence-corrected chi connectivity index (χ3v) is 6.07. The highest BCUT2D eigenvalue weighted by Gasteiger charge is 2.18. The van der Waals surface area contributed by atoms with Crippen molar-refractivity contribution in [3.63, 3.8) is 0 Å². The summed E-state index contributed by atoms with van der Waals surface area (Å²) in [6, 6.07) is 12.2. The topological polar surface area (TPSA) is 70.7 Å². The lowest BCUT2D eigenvalue weighted by molar-refractivity contribution is 0.0938. The van der Waals surface area contributed by atoms with Crippen LogP contribution in [0.25, 0.3) is 21.5 Å². The van der Waals surface area contributed by atoms with Gasteiger partial charge in [0.25, 0.3) is 5.91 Å². The molecule has 0 bridgehead atoms. The molecule has 1 atom stereocenters. The Morgan fingerprint density at radius 1 is 1.21 bits per heavy atom. The third-order valence-electron chi connectivity index (χ3n) is 5.02. The highest BCUT2D eigenvalue weighted by atomic mass is 32.1. The van der Waals surface area contributed by atoms with Crippen molar-refractivity contribution in [1.29, 1.82) is 0 Å². The fraction of sp³-hybridized carbons (Fsp3) is 0.261. The zero-order chi connectivity index (χ0) is 20.1. The minimum absolute atomic E-state index is 0.0569. The van der Waals surface area contributed by atoms with E-state index in [0.29, 0.717) is 4.88 Å². The number of carbonyl (C=O) groups excluding carboxylic acids is 1. The van der Waals surface area contributed by atoms with Crippen LogP contribution >= 0.6 is 11.3 Å². The molecule has 0 aliphatic heterocycles. The van der Waals surface area contributed by atoms with Crippen LogP contribution in [0.3, 0.4) is 0 Å². The summed E-state index contributed by atoms with van der Waals surface area (Å²) in [6.45, 7) is 2.17. The Balaban J connectivity index is 1.49. The van der Waals surface area contributed by atoms with Crippen molar-refractivity contribution in [2.45, 2.75) is 38.6 Å². The van der Waals surface area contributed by atoms with Crippen molar-refractivity contribution in [2.75, 3.05) is 0 Å². The molecule has 2 N–H and O–H groups in total. The van der Waals surface area contributed by atoms with E-state index in [1.165, 1.54) is 22.3 Å². The fourth-order valence-corrected chi connectivity index (χ4v) is 4.31. The van der Waals surface area contributed by atoms with Crippen LogP contribution < -0.4 is 5.32 Å². The van der Waals surface area contributed by atoms with Crippen LogP contribution in [-0.2, 0) is 6.42 Å². The molecule has 29 heavy (non-hydrogen) atoms. The first-order valence-corrected chi connectivity index (χ1v) is 10.8. The molecule has 0 aliphatic carbocycles. The fourth-order valence-electron chi connectivity index (χ4n) is 3.50. The number of hydrogen-bond acceptors (Lipinski definition) is 4. The summed E-state index contributed by atoms with van der Waals surface area (Å²) in [7, 11) is 0. The molecule has 0 saturated carbocycles. The van der Waals surface area contributed by atoms with Gasteiger partial charge >= 0.3 is 0 Å². The predicted octanol–water partition coefficient (Wildman–Crippen LogP) is 5.22. The van der Waals surface area contributed by atoms with Crippen LogP contribution in [0.4, 0.5) is 0 Å². The van der Waals surface area contributed by atoms with Crippen LogP contribution in [0, 0.1) is 0 Å². The molecular weight excluding hydrogens is 380 g/mol. The Morgan fingerprint density at radius 3 is 2.93 bits per heavy atom. The van der Waals surface area contributed by atoms with E-state index in [2.05, 4.69) is 51.6 Å². The lowest BCUT2D eigenvalue weighted by Crippen LogP contribution is -2.36. The summed E-state index contributed by atoms with van der Waals surface area (Å²) in [4.78, 5) is 25.4. The van der Waals surface area contributed by atoms with E-state index in [9.17, 15) is 4.79 Å². The number of fused-ring (bicyclic) bond motifs is 1. The maximum absolute atomic E-state index is 12.9. The van der Waals surface area contributed by atoms with Gasteiger partial charge in [-0.2, -0.15) is 0 Å². The number of aromatic amines is 1. The quantitative estimate of drug-likeness (QED) is 0.423. The van der Waals surface area contributed by atoms with E-state index < -0.39 is 0 Å². The number of benzene rings is 1. The Morgan fingerprint density at radius 2 is 2.10 bits per heavy atom. The number of hydrogen-bond donors (Lipinski definition) is 2. The molecule has 1 aromatic carbocycles. The Bertz CT molecular complexity index is 1090. The first-order chi connectivity index (χ1) is 14.2. The highest BCUT2D eigenvalue weighted by Crippen LogP contribution is 2.25. The molecule has 3 aromatic heterocycles. The van der Waals surface area contributed by atoms with E-state index in [4.69, 9.17) is 0 Å². The monoisotopic (exact) mass is 404 g/mol. The van der Waals surface area contributed by atoms with Gasteiger partial charge in [0.15, 0.2) is 0 Å². The van der Waals surface area contributed by atoms with E-state index in [-0.39, 0.29) is 11.9 Å². The van der Waals surface area contributed by atoms with E-state index in [1.807, 2.05) is 18.2 Å². The van der Waals surface area contributed by atoms with Gasteiger partial charge in [-0.05, 0) is 36.6 Å². The summed E-state index contributed by atoms with van der Waals surface area (Å²) >= 11 is 1.40. The maximum Gasteiger partial charge on any atom is 0.263 e. The van der Waals surface area contributed by atoms with Gasteiger partial charge in [0.05, 0.1) is 6.20 Å². The summed E-state index contributed by atoms with van der Waals surface area (Å²) in [5.74, 6) is -0.0569. The minimum atomic E-state index is -0.0569. The summed E-state index contributed by atoms with van der Waals surface area (Å²) in [6.07, 6.45) is 11.2. The molecule has 1 unspecified atom stereocenters. The molecule has 148 valence electrons. The summed E-state index contributed by atoms with van der Waals surface area (Å²) in [5, 5.41) is 5.27. The zero-order valence-electron chi connectivity index (χ0n) is 16.4. The van der Waals surface area contributed by atoms with E-state index >= 15 is 0 Å². The second-order valence-electron chi connectivity index (χ2n) is 7.15. The molecule has 0 spiro atoms. The number of pyridine rings is 1. The Kier molecular flexibility index (Phi) is 6.00. The van der Waals surface area contributed by atoms with Gasteiger partial charge in [0.1, 0.15) is 9.88 Å². The molecule has 0 radical (unpaired) electrons. The number of aromatic nitrogens is 3.